The van der Waals surface area contributed by atoms with E-state index in [1.807, 2.05) is 0 Å². The Morgan fingerprint density at radius 1 is 1.10 bits per heavy atom. The van der Waals surface area contributed by atoms with Crippen LogP contribution < -0.4 is 4.90 Å². The Labute approximate surface area is 190 Å². The molecular formula is C29H43NO. The van der Waals surface area contributed by atoms with Gasteiger partial charge in [0.05, 0.1) is 6.10 Å². The van der Waals surface area contributed by atoms with Crippen molar-refractivity contribution in [2.75, 3.05) is 19.0 Å². The smallest absolute Gasteiger partial charge is 0.0597 e. The topological polar surface area (TPSA) is 23.5 Å². The van der Waals surface area contributed by atoms with E-state index in [2.05, 4.69) is 84.1 Å². The van der Waals surface area contributed by atoms with Crippen LogP contribution in [0.25, 0.3) is 0 Å². The summed E-state index contributed by atoms with van der Waals surface area (Å²) >= 11 is 0. The Kier molecular flexibility index (Phi) is 7.21. The van der Waals surface area contributed by atoms with Crippen molar-refractivity contribution in [1.82, 2.24) is 0 Å². The van der Waals surface area contributed by atoms with Crippen molar-refractivity contribution in [2.24, 2.45) is 17.3 Å². The summed E-state index contributed by atoms with van der Waals surface area (Å²) in [5, 5.41) is 11.0. The second-order valence-corrected chi connectivity index (χ2v) is 10.6. The second kappa shape index (κ2) is 9.36. The number of allylic oxidation sites excluding steroid dienone is 4. The summed E-state index contributed by atoms with van der Waals surface area (Å²) in [7, 11) is 4.18. The number of nitrogens with zero attached hydrogens (tertiary/aromatic N) is 1. The molecule has 0 bridgehead atoms. The van der Waals surface area contributed by atoms with Crippen LogP contribution in [0.2, 0.25) is 0 Å². The van der Waals surface area contributed by atoms with Crippen molar-refractivity contribution in [3.8, 4) is 0 Å². The predicted molar refractivity (Wildman–Crippen MR) is 135 cm³/mol. The number of fused-ring (bicyclic) bond motifs is 1. The van der Waals surface area contributed by atoms with E-state index in [0.29, 0.717) is 17.8 Å². The predicted octanol–water partition coefficient (Wildman–Crippen LogP) is 7.27. The lowest BCUT2D eigenvalue weighted by Crippen LogP contribution is -2.43. The maximum Gasteiger partial charge on any atom is 0.0597 e. The van der Waals surface area contributed by atoms with Gasteiger partial charge in [0.1, 0.15) is 0 Å². The molecule has 5 atom stereocenters. The molecule has 0 amide bonds. The molecule has 0 spiro atoms. The largest absolute Gasteiger partial charge is 0.393 e. The highest BCUT2D eigenvalue weighted by molar-refractivity contribution is 5.50. The Morgan fingerprint density at radius 2 is 1.74 bits per heavy atom. The Morgan fingerprint density at radius 3 is 2.26 bits per heavy atom. The SMILES string of the molecule is C=C(C)CC/C(C(=C)C)=C1\C(c2ccc(N(C)C)cc2)CC2(C)C(O)CCC2C1CC. The molecule has 1 aromatic carbocycles. The molecule has 1 N–H and O–H groups in total. The molecule has 0 saturated heterocycles. The van der Waals surface area contributed by atoms with Gasteiger partial charge in [-0.3, -0.25) is 0 Å². The van der Waals surface area contributed by atoms with Crippen molar-refractivity contribution < 1.29 is 5.11 Å². The first kappa shape index (κ1) is 23.9. The molecule has 31 heavy (non-hydrogen) atoms. The van der Waals surface area contributed by atoms with E-state index in [0.717, 1.165) is 38.5 Å². The number of benzene rings is 1. The number of aliphatic hydroxyl groups is 1. The standard InChI is InChI=1S/C29H43NO/c1-9-23-26-16-17-27(31)29(26,6)18-25(21-11-13-22(14-12-21)30(7)8)28(23)24(20(4)5)15-10-19(2)3/h11-14,23,25-27,31H,2,4,9-10,15-18H2,1,3,5-8H3/b28-24+. The maximum absolute atomic E-state index is 11.0. The first-order chi connectivity index (χ1) is 14.6. The summed E-state index contributed by atoms with van der Waals surface area (Å²) < 4.78 is 0. The lowest BCUT2D eigenvalue weighted by Gasteiger charge is -2.50. The summed E-state index contributed by atoms with van der Waals surface area (Å²) in [5.41, 5.74) is 8.09. The second-order valence-electron chi connectivity index (χ2n) is 10.6. The molecule has 5 unspecified atom stereocenters. The normalized spacial score (nSPS) is 31.8. The van der Waals surface area contributed by atoms with Gasteiger partial charge in [0, 0.05) is 25.7 Å². The fourth-order valence-corrected chi connectivity index (χ4v) is 6.40. The quantitative estimate of drug-likeness (QED) is 0.468. The fraction of sp³-hybridized carbons (Fsp3) is 0.586. The number of aliphatic hydroxyl groups excluding tert-OH is 1. The molecular weight excluding hydrogens is 378 g/mol. The first-order valence-electron chi connectivity index (χ1n) is 12.1. The van der Waals surface area contributed by atoms with E-state index in [4.69, 9.17) is 0 Å². The van der Waals surface area contributed by atoms with Gasteiger partial charge in [0.2, 0.25) is 0 Å². The highest BCUT2D eigenvalue weighted by Gasteiger charge is 2.55. The molecule has 0 aromatic heterocycles. The molecule has 2 fully saturated rings. The minimum Gasteiger partial charge on any atom is -0.393 e. The van der Waals surface area contributed by atoms with Crippen LogP contribution in [0.5, 0.6) is 0 Å². The van der Waals surface area contributed by atoms with Crippen molar-refractivity contribution in [3.63, 3.8) is 0 Å². The van der Waals surface area contributed by atoms with Crippen LogP contribution in [-0.4, -0.2) is 25.3 Å². The third-order valence-electron chi connectivity index (χ3n) is 8.18. The van der Waals surface area contributed by atoms with Gasteiger partial charge >= 0.3 is 0 Å². The summed E-state index contributed by atoms with van der Waals surface area (Å²) in [6.07, 6.45) is 6.06. The third kappa shape index (κ3) is 4.55. The molecule has 2 heteroatoms. The van der Waals surface area contributed by atoms with Crippen LogP contribution in [0.3, 0.4) is 0 Å². The van der Waals surface area contributed by atoms with E-state index >= 15 is 0 Å². The van der Waals surface area contributed by atoms with Gasteiger partial charge in [-0.15, -0.1) is 6.58 Å². The van der Waals surface area contributed by atoms with E-state index < -0.39 is 0 Å². The van der Waals surface area contributed by atoms with Crippen LogP contribution in [0.4, 0.5) is 5.69 Å². The molecule has 0 aliphatic heterocycles. The highest BCUT2D eigenvalue weighted by Crippen LogP contribution is 2.61. The fourth-order valence-electron chi connectivity index (χ4n) is 6.40. The average Bonchev–Trinajstić information content (AvgIpc) is 3.01. The van der Waals surface area contributed by atoms with E-state index in [1.165, 1.54) is 28.0 Å². The molecule has 1 aromatic rings. The zero-order chi connectivity index (χ0) is 22.9. The van der Waals surface area contributed by atoms with E-state index in [-0.39, 0.29) is 11.5 Å². The Balaban J connectivity index is 2.17. The Hall–Kier alpha value is -1.80. The van der Waals surface area contributed by atoms with Crippen LogP contribution in [0.15, 0.2) is 59.7 Å². The van der Waals surface area contributed by atoms with Crippen LogP contribution in [0, 0.1) is 17.3 Å². The lowest BCUT2D eigenvalue weighted by molar-refractivity contribution is -0.00123. The van der Waals surface area contributed by atoms with Gasteiger partial charge in [-0.05, 0) is 92.9 Å². The van der Waals surface area contributed by atoms with Gasteiger partial charge in [0.25, 0.3) is 0 Å². The molecule has 2 aliphatic rings. The molecule has 3 rings (SSSR count). The summed E-state index contributed by atoms with van der Waals surface area (Å²) in [6.45, 7) is 17.6. The van der Waals surface area contributed by atoms with Gasteiger partial charge in [-0.2, -0.15) is 0 Å². The summed E-state index contributed by atoms with van der Waals surface area (Å²) in [5.74, 6) is 1.40. The summed E-state index contributed by atoms with van der Waals surface area (Å²) in [4.78, 5) is 2.15. The van der Waals surface area contributed by atoms with Crippen LogP contribution >= 0.6 is 0 Å². The molecule has 170 valence electrons. The van der Waals surface area contributed by atoms with Crippen LogP contribution in [-0.2, 0) is 0 Å². The highest BCUT2D eigenvalue weighted by atomic mass is 16.3. The molecule has 2 saturated carbocycles. The molecule has 0 radical (unpaired) electrons. The number of rotatable bonds is 7. The van der Waals surface area contributed by atoms with Crippen molar-refractivity contribution in [1.29, 1.82) is 0 Å². The van der Waals surface area contributed by atoms with Gasteiger partial charge < -0.3 is 10.0 Å². The monoisotopic (exact) mass is 421 g/mol. The van der Waals surface area contributed by atoms with Crippen molar-refractivity contribution in [3.05, 3.63) is 65.3 Å². The Bertz CT molecular complexity index is 846. The minimum absolute atomic E-state index is 0.0103. The number of hydrogen-bond donors (Lipinski definition) is 1. The zero-order valence-electron chi connectivity index (χ0n) is 20.7. The van der Waals surface area contributed by atoms with Crippen LogP contribution in [0.1, 0.15) is 77.7 Å². The maximum atomic E-state index is 11.0. The van der Waals surface area contributed by atoms with Gasteiger partial charge in [-0.25, -0.2) is 0 Å². The third-order valence-corrected chi connectivity index (χ3v) is 8.18. The first-order valence-corrected chi connectivity index (χ1v) is 12.1. The van der Waals surface area contributed by atoms with Gasteiger partial charge in [0.15, 0.2) is 0 Å². The van der Waals surface area contributed by atoms with Crippen molar-refractivity contribution >= 4 is 5.69 Å². The zero-order valence-corrected chi connectivity index (χ0v) is 20.7. The van der Waals surface area contributed by atoms with Crippen molar-refractivity contribution in [2.45, 2.75) is 78.2 Å². The number of hydrogen-bond acceptors (Lipinski definition) is 2. The molecule has 2 nitrogen and oxygen atoms in total. The molecule has 2 aliphatic carbocycles. The van der Waals surface area contributed by atoms with E-state index in [9.17, 15) is 5.11 Å². The van der Waals surface area contributed by atoms with E-state index in [1.54, 1.807) is 5.57 Å². The summed E-state index contributed by atoms with van der Waals surface area (Å²) in [6, 6.07) is 9.10. The van der Waals surface area contributed by atoms with Gasteiger partial charge in [-0.1, -0.05) is 49.3 Å². The minimum atomic E-state index is -0.194. The molecule has 0 heterocycles. The lowest BCUT2D eigenvalue weighted by atomic mass is 9.55. The number of anilines is 1. The average molecular weight is 422 g/mol.